The molecule has 1 saturated heterocycles. The molecule has 2 fully saturated rings. The SMILES string of the molecule is CCCCc1nnc(C(=O)N2CC[C@H](CN=[N+]=[N-])[C@H](O)C2)cc1-c1ccc(OC2CCCCC2)cc1. The van der Waals surface area contributed by atoms with Crippen molar-refractivity contribution in [2.24, 2.45) is 11.0 Å². The molecule has 2 aromatic rings. The van der Waals surface area contributed by atoms with Crippen molar-refractivity contribution in [3.63, 3.8) is 0 Å². The molecule has 1 aromatic carbocycles. The average molecular weight is 493 g/mol. The second-order valence-corrected chi connectivity index (χ2v) is 9.88. The minimum absolute atomic E-state index is 0.141. The first-order valence-corrected chi connectivity index (χ1v) is 13.2. The van der Waals surface area contributed by atoms with E-state index in [-0.39, 0.29) is 30.6 Å². The third kappa shape index (κ3) is 6.53. The van der Waals surface area contributed by atoms with E-state index in [0.717, 1.165) is 54.7 Å². The van der Waals surface area contributed by atoms with E-state index in [9.17, 15) is 9.90 Å². The number of aromatic nitrogens is 2. The maximum atomic E-state index is 13.3. The van der Waals surface area contributed by atoms with Crippen LogP contribution < -0.4 is 4.74 Å². The minimum Gasteiger partial charge on any atom is -0.490 e. The van der Waals surface area contributed by atoms with Crippen LogP contribution in [0.25, 0.3) is 21.6 Å². The number of carbonyl (C=O) groups excluding carboxylic acids is 1. The Hall–Kier alpha value is -3.16. The standard InChI is InChI=1S/C27H36N6O3/c1-2-3-9-24-23(19-10-12-22(13-11-19)36-21-7-5-4-6-8-21)16-25(31-30-24)27(35)33-15-14-20(17-29-32-28)26(34)18-33/h10-13,16,20-21,26,34H,2-9,14-15,17-18H2,1H3/t20-,26-/m1/s1. The van der Waals surface area contributed by atoms with E-state index >= 15 is 0 Å². The number of carbonyl (C=O) groups is 1. The molecule has 1 aliphatic heterocycles. The monoisotopic (exact) mass is 492 g/mol. The van der Waals surface area contributed by atoms with Gasteiger partial charge in [-0.15, -0.1) is 5.10 Å². The van der Waals surface area contributed by atoms with Crippen molar-refractivity contribution in [3.05, 3.63) is 52.2 Å². The van der Waals surface area contributed by atoms with E-state index in [2.05, 4.69) is 27.1 Å². The number of unbranched alkanes of at least 4 members (excludes halogenated alkanes) is 1. The zero-order valence-corrected chi connectivity index (χ0v) is 21.1. The molecule has 0 radical (unpaired) electrons. The second-order valence-electron chi connectivity index (χ2n) is 9.88. The number of hydrogen-bond donors (Lipinski definition) is 1. The second kappa shape index (κ2) is 12.7. The van der Waals surface area contributed by atoms with Crippen LogP contribution in [0.15, 0.2) is 35.4 Å². The van der Waals surface area contributed by atoms with Crippen LogP contribution in [-0.4, -0.2) is 58.0 Å². The van der Waals surface area contributed by atoms with Gasteiger partial charge in [0.15, 0.2) is 5.69 Å². The van der Waals surface area contributed by atoms with Crippen molar-refractivity contribution in [1.82, 2.24) is 15.1 Å². The number of hydrogen-bond acceptors (Lipinski definition) is 6. The first-order chi connectivity index (χ1) is 17.6. The molecule has 1 saturated carbocycles. The Bertz CT molecular complexity index is 1060. The van der Waals surface area contributed by atoms with Crippen molar-refractivity contribution in [1.29, 1.82) is 0 Å². The number of nitrogens with zero attached hydrogens (tertiary/aromatic N) is 6. The molecule has 0 spiro atoms. The molecule has 9 nitrogen and oxygen atoms in total. The van der Waals surface area contributed by atoms with Gasteiger partial charge in [-0.25, -0.2) is 0 Å². The highest BCUT2D eigenvalue weighted by molar-refractivity contribution is 5.93. The zero-order chi connectivity index (χ0) is 25.3. The number of aryl methyl sites for hydroxylation is 1. The van der Waals surface area contributed by atoms with E-state index in [1.54, 1.807) is 4.90 Å². The lowest BCUT2D eigenvalue weighted by Gasteiger charge is -2.35. The van der Waals surface area contributed by atoms with E-state index in [4.69, 9.17) is 10.3 Å². The van der Waals surface area contributed by atoms with Crippen LogP contribution >= 0.6 is 0 Å². The molecule has 36 heavy (non-hydrogen) atoms. The normalized spacial score (nSPS) is 20.6. The lowest BCUT2D eigenvalue weighted by molar-refractivity contribution is 0.0218. The number of ether oxygens (including phenoxy) is 1. The molecule has 4 rings (SSSR count). The van der Waals surface area contributed by atoms with Gasteiger partial charge in [-0.1, -0.05) is 37.0 Å². The molecule has 1 amide bonds. The van der Waals surface area contributed by atoms with Gasteiger partial charge in [0.1, 0.15) is 5.75 Å². The Morgan fingerprint density at radius 3 is 2.67 bits per heavy atom. The number of azide groups is 1. The molecule has 1 aromatic heterocycles. The Kier molecular flexibility index (Phi) is 9.14. The number of piperidine rings is 1. The van der Waals surface area contributed by atoms with Crippen molar-refractivity contribution in [2.75, 3.05) is 19.6 Å². The van der Waals surface area contributed by atoms with Gasteiger partial charge in [0.2, 0.25) is 0 Å². The quantitative estimate of drug-likeness (QED) is 0.288. The highest BCUT2D eigenvalue weighted by Crippen LogP contribution is 2.29. The van der Waals surface area contributed by atoms with Gasteiger partial charge in [-0.05, 0) is 80.2 Å². The Morgan fingerprint density at radius 2 is 1.97 bits per heavy atom. The number of likely N-dealkylation sites (tertiary alicyclic amines) is 1. The summed E-state index contributed by atoms with van der Waals surface area (Å²) in [6, 6.07) is 9.89. The Morgan fingerprint density at radius 1 is 1.19 bits per heavy atom. The maximum absolute atomic E-state index is 13.3. The summed E-state index contributed by atoms with van der Waals surface area (Å²) >= 11 is 0. The number of aliphatic hydroxyl groups is 1. The van der Waals surface area contributed by atoms with Crippen LogP contribution in [-0.2, 0) is 6.42 Å². The summed E-state index contributed by atoms with van der Waals surface area (Å²) in [6.07, 6.45) is 8.92. The number of β-amino-alcohol motifs (C(OH)–C–C–N with tert-alkyl or cyclic N) is 1. The van der Waals surface area contributed by atoms with Gasteiger partial charge in [0, 0.05) is 30.1 Å². The van der Waals surface area contributed by atoms with Crippen LogP contribution in [0, 0.1) is 5.92 Å². The van der Waals surface area contributed by atoms with Gasteiger partial charge in [-0.3, -0.25) is 4.79 Å². The first-order valence-electron chi connectivity index (χ1n) is 13.2. The first kappa shape index (κ1) is 25.9. The highest BCUT2D eigenvalue weighted by Gasteiger charge is 2.31. The fourth-order valence-corrected chi connectivity index (χ4v) is 5.07. The van der Waals surface area contributed by atoms with E-state index in [1.165, 1.54) is 19.3 Å². The summed E-state index contributed by atoms with van der Waals surface area (Å²) in [6.45, 7) is 3.03. The maximum Gasteiger partial charge on any atom is 0.274 e. The molecular weight excluding hydrogens is 456 g/mol. The van der Waals surface area contributed by atoms with Crippen LogP contribution in [0.4, 0.5) is 0 Å². The summed E-state index contributed by atoms with van der Waals surface area (Å²) in [7, 11) is 0. The number of rotatable bonds is 9. The average Bonchev–Trinajstić information content (AvgIpc) is 2.92. The molecule has 2 aliphatic rings. The molecule has 2 heterocycles. The van der Waals surface area contributed by atoms with Crippen molar-refractivity contribution < 1.29 is 14.6 Å². The van der Waals surface area contributed by atoms with Gasteiger partial charge in [-0.2, -0.15) is 5.10 Å². The summed E-state index contributed by atoms with van der Waals surface area (Å²) in [5.74, 6) is 0.485. The molecule has 2 atom stereocenters. The molecule has 9 heteroatoms. The van der Waals surface area contributed by atoms with Crippen LogP contribution in [0.5, 0.6) is 5.75 Å². The predicted octanol–water partition coefficient (Wildman–Crippen LogP) is 5.33. The summed E-state index contributed by atoms with van der Waals surface area (Å²) in [4.78, 5) is 17.6. The number of aliphatic hydroxyl groups excluding tert-OH is 1. The lowest BCUT2D eigenvalue weighted by atomic mass is 9.93. The lowest BCUT2D eigenvalue weighted by Crippen LogP contribution is -2.47. The minimum atomic E-state index is -0.735. The van der Waals surface area contributed by atoms with E-state index < -0.39 is 6.10 Å². The Labute approximate surface area is 212 Å². The summed E-state index contributed by atoms with van der Waals surface area (Å²) in [5.41, 5.74) is 11.6. The fourth-order valence-electron chi connectivity index (χ4n) is 5.07. The van der Waals surface area contributed by atoms with Crippen molar-refractivity contribution >= 4 is 5.91 Å². The predicted molar refractivity (Wildman–Crippen MR) is 138 cm³/mol. The topological polar surface area (TPSA) is 124 Å². The van der Waals surface area contributed by atoms with Crippen molar-refractivity contribution in [3.8, 4) is 16.9 Å². The Balaban J connectivity index is 1.51. The van der Waals surface area contributed by atoms with Crippen LogP contribution in [0.1, 0.15) is 74.5 Å². The third-order valence-corrected chi connectivity index (χ3v) is 7.26. The van der Waals surface area contributed by atoms with Gasteiger partial charge in [0.25, 0.3) is 5.91 Å². The summed E-state index contributed by atoms with van der Waals surface area (Å²) in [5, 5.41) is 22.8. The molecule has 1 N–H and O–H groups in total. The van der Waals surface area contributed by atoms with Crippen LogP contribution in [0.3, 0.4) is 0 Å². The molecule has 1 aliphatic carbocycles. The van der Waals surface area contributed by atoms with Crippen LogP contribution in [0.2, 0.25) is 0 Å². The fraction of sp³-hybridized carbons (Fsp3) is 0.593. The van der Waals surface area contributed by atoms with E-state index in [1.807, 2.05) is 30.3 Å². The highest BCUT2D eigenvalue weighted by atomic mass is 16.5. The molecule has 0 unspecified atom stereocenters. The number of benzene rings is 1. The van der Waals surface area contributed by atoms with Gasteiger partial charge in [0.05, 0.1) is 17.9 Å². The van der Waals surface area contributed by atoms with Gasteiger partial charge < -0.3 is 14.7 Å². The summed E-state index contributed by atoms with van der Waals surface area (Å²) < 4.78 is 6.19. The zero-order valence-electron chi connectivity index (χ0n) is 21.1. The van der Waals surface area contributed by atoms with E-state index in [0.29, 0.717) is 19.1 Å². The number of amides is 1. The van der Waals surface area contributed by atoms with Gasteiger partial charge >= 0.3 is 0 Å². The van der Waals surface area contributed by atoms with Crippen molar-refractivity contribution in [2.45, 2.75) is 76.9 Å². The molecule has 0 bridgehead atoms. The molecule has 192 valence electrons. The smallest absolute Gasteiger partial charge is 0.274 e. The largest absolute Gasteiger partial charge is 0.490 e. The molecular formula is C27H36N6O3. The third-order valence-electron chi connectivity index (χ3n) is 7.26.